The van der Waals surface area contributed by atoms with Gasteiger partial charge in [0.1, 0.15) is 0 Å². The second kappa shape index (κ2) is 7.75. The van der Waals surface area contributed by atoms with Gasteiger partial charge in [-0.2, -0.15) is 0 Å². The first-order valence-electron chi connectivity index (χ1n) is 7.16. The molecule has 22 heavy (non-hydrogen) atoms. The Morgan fingerprint density at radius 3 is 2.77 bits per heavy atom. The van der Waals surface area contributed by atoms with Crippen molar-refractivity contribution < 1.29 is 14.7 Å². The summed E-state index contributed by atoms with van der Waals surface area (Å²) in [4.78, 5) is 24.2. The van der Waals surface area contributed by atoms with E-state index < -0.39 is 5.97 Å². The molecule has 2 N–H and O–H groups in total. The standard InChI is InChI=1S/C17H19NO3S/c1-12(8-15-6-3-7-22-15)11-18-16(19)10-13-4-2-5-14(9-13)17(20)21/h2-7,9,12H,8,10-11H2,1H3,(H,18,19)(H,20,21). The molecule has 1 atom stereocenters. The fourth-order valence-corrected chi connectivity index (χ4v) is 3.06. The third-order valence-corrected chi connectivity index (χ3v) is 4.21. The van der Waals surface area contributed by atoms with Crippen molar-refractivity contribution in [2.24, 2.45) is 5.92 Å². The maximum Gasteiger partial charge on any atom is 0.335 e. The first-order chi connectivity index (χ1) is 10.5. The van der Waals surface area contributed by atoms with E-state index in [4.69, 9.17) is 5.11 Å². The highest BCUT2D eigenvalue weighted by atomic mass is 32.1. The minimum Gasteiger partial charge on any atom is -0.478 e. The zero-order valence-corrected chi connectivity index (χ0v) is 13.2. The monoisotopic (exact) mass is 317 g/mol. The van der Waals surface area contributed by atoms with Gasteiger partial charge in [0, 0.05) is 11.4 Å². The van der Waals surface area contributed by atoms with Crippen molar-refractivity contribution in [3.63, 3.8) is 0 Å². The van der Waals surface area contributed by atoms with Crippen LogP contribution in [0.4, 0.5) is 0 Å². The van der Waals surface area contributed by atoms with Crippen molar-refractivity contribution in [3.05, 3.63) is 57.8 Å². The molecule has 1 amide bonds. The second-order valence-corrected chi connectivity index (χ2v) is 6.41. The van der Waals surface area contributed by atoms with Crippen molar-refractivity contribution >= 4 is 23.2 Å². The van der Waals surface area contributed by atoms with E-state index in [-0.39, 0.29) is 17.9 Å². The summed E-state index contributed by atoms with van der Waals surface area (Å²) in [6.07, 6.45) is 1.15. The van der Waals surface area contributed by atoms with Gasteiger partial charge in [-0.25, -0.2) is 4.79 Å². The van der Waals surface area contributed by atoms with Gasteiger partial charge in [0.05, 0.1) is 12.0 Å². The van der Waals surface area contributed by atoms with Crippen molar-refractivity contribution in [2.45, 2.75) is 19.8 Å². The number of carboxylic acids is 1. The van der Waals surface area contributed by atoms with Gasteiger partial charge >= 0.3 is 5.97 Å². The van der Waals surface area contributed by atoms with Gasteiger partial charge in [-0.3, -0.25) is 4.79 Å². The van der Waals surface area contributed by atoms with Crippen LogP contribution in [0, 0.1) is 5.92 Å². The van der Waals surface area contributed by atoms with Gasteiger partial charge in [0.2, 0.25) is 5.91 Å². The van der Waals surface area contributed by atoms with Crippen molar-refractivity contribution in [3.8, 4) is 0 Å². The lowest BCUT2D eigenvalue weighted by molar-refractivity contribution is -0.120. The Kier molecular flexibility index (Phi) is 5.72. The Morgan fingerprint density at radius 1 is 1.27 bits per heavy atom. The molecule has 0 radical (unpaired) electrons. The molecular weight excluding hydrogens is 298 g/mol. The number of nitrogens with one attached hydrogen (secondary N) is 1. The summed E-state index contributed by atoms with van der Waals surface area (Å²) in [6.45, 7) is 2.72. The topological polar surface area (TPSA) is 66.4 Å². The summed E-state index contributed by atoms with van der Waals surface area (Å²) in [5, 5.41) is 13.9. The fourth-order valence-electron chi connectivity index (χ4n) is 2.19. The highest BCUT2D eigenvalue weighted by molar-refractivity contribution is 7.09. The van der Waals surface area contributed by atoms with E-state index >= 15 is 0 Å². The molecule has 4 nitrogen and oxygen atoms in total. The predicted octanol–water partition coefficient (Wildman–Crippen LogP) is 2.98. The largest absolute Gasteiger partial charge is 0.478 e. The average Bonchev–Trinajstić information content (AvgIpc) is 2.98. The lowest BCUT2D eigenvalue weighted by Gasteiger charge is -2.12. The molecule has 0 aliphatic rings. The fraction of sp³-hybridized carbons (Fsp3) is 0.294. The van der Waals surface area contributed by atoms with Crippen molar-refractivity contribution in [1.29, 1.82) is 0 Å². The number of benzene rings is 1. The van der Waals surface area contributed by atoms with Crippen LogP contribution in [-0.4, -0.2) is 23.5 Å². The molecule has 0 saturated carbocycles. The van der Waals surface area contributed by atoms with E-state index in [1.807, 2.05) is 6.07 Å². The van der Waals surface area contributed by atoms with Crippen LogP contribution in [0.15, 0.2) is 41.8 Å². The molecule has 0 bridgehead atoms. The molecule has 2 aromatic rings. The normalized spacial score (nSPS) is 11.9. The number of thiophene rings is 1. The lowest BCUT2D eigenvalue weighted by atomic mass is 10.1. The molecule has 5 heteroatoms. The van der Waals surface area contributed by atoms with E-state index in [9.17, 15) is 9.59 Å². The molecule has 0 aliphatic carbocycles. The molecule has 0 saturated heterocycles. The number of rotatable bonds is 7. The van der Waals surface area contributed by atoms with E-state index in [0.717, 1.165) is 6.42 Å². The van der Waals surface area contributed by atoms with Gasteiger partial charge in [-0.05, 0) is 41.5 Å². The smallest absolute Gasteiger partial charge is 0.335 e. The van der Waals surface area contributed by atoms with Gasteiger partial charge in [0.15, 0.2) is 0 Å². The molecule has 0 aliphatic heterocycles. The number of carbonyl (C=O) groups is 2. The van der Waals surface area contributed by atoms with E-state index in [0.29, 0.717) is 18.0 Å². The summed E-state index contributed by atoms with van der Waals surface area (Å²) < 4.78 is 0. The Hall–Kier alpha value is -2.14. The first-order valence-corrected chi connectivity index (χ1v) is 8.04. The maximum absolute atomic E-state index is 11.9. The number of hydrogen-bond acceptors (Lipinski definition) is 3. The molecule has 0 spiro atoms. The summed E-state index contributed by atoms with van der Waals surface area (Å²) in [5.41, 5.74) is 0.916. The Labute approximate surface area is 133 Å². The van der Waals surface area contributed by atoms with E-state index in [1.165, 1.54) is 17.0 Å². The Bertz CT molecular complexity index is 637. The number of carbonyl (C=O) groups excluding carboxylic acids is 1. The van der Waals surface area contributed by atoms with Crippen LogP contribution < -0.4 is 5.32 Å². The summed E-state index contributed by atoms with van der Waals surface area (Å²) in [6, 6.07) is 10.6. The van der Waals surface area contributed by atoms with Crippen LogP contribution in [-0.2, 0) is 17.6 Å². The zero-order chi connectivity index (χ0) is 15.9. The third kappa shape index (κ3) is 5.00. The maximum atomic E-state index is 11.9. The molecule has 1 aromatic carbocycles. The highest BCUT2D eigenvalue weighted by Crippen LogP contribution is 2.14. The third-order valence-electron chi connectivity index (χ3n) is 3.32. The highest BCUT2D eigenvalue weighted by Gasteiger charge is 2.09. The lowest BCUT2D eigenvalue weighted by Crippen LogP contribution is -2.30. The molecule has 1 heterocycles. The van der Waals surface area contributed by atoms with Crippen LogP contribution in [0.1, 0.15) is 27.7 Å². The van der Waals surface area contributed by atoms with Crippen LogP contribution in [0.2, 0.25) is 0 Å². The van der Waals surface area contributed by atoms with Gasteiger partial charge in [-0.1, -0.05) is 25.1 Å². The molecule has 1 unspecified atom stereocenters. The number of aromatic carboxylic acids is 1. The van der Waals surface area contributed by atoms with Crippen LogP contribution in [0.3, 0.4) is 0 Å². The zero-order valence-electron chi connectivity index (χ0n) is 12.4. The van der Waals surface area contributed by atoms with Crippen LogP contribution >= 0.6 is 11.3 Å². The van der Waals surface area contributed by atoms with Gasteiger partial charge in [0.25, 0.3) is 0 Å². The van der Waals surface area contributed by atoms with Crippen LogP contribution in [0.5, 0.6) is 0 Å². The van der Waals surface area contributed by atoms with Crippen molar-refractivity contribution in [1.82, 2.24) is 5.32 Å². The number of amides is 1. The minimum absolute atomic E-state index is 0.0828. The Morgan fingerprint density at radius 2 is 2.09 bits per heavy atom. The molecule has 2 rings (SSSR count). The molecule has 1 aromatic heterocycles. The SMILES string of the molecule is CC(CNC(=O)Cc1cccc(C(=O)O)c1)Cc1cccs1. The predicted molar refractivity (Wildman–Crippen MR) is 87.3 cm³/mol. The molecule has 0 fully saturated rings. The van der Waals surface area contributed by atoms with E-state index in [2.05, 4.69) is 23.7 Å². The Balaban J connectivity index is 1.80. The quantitative estimate of drug-likeness (QED) is 0.825. The minimum atomic E-state index is -0.980. The summed E-state index contributed by atoms with van der Waals surface area (Å²) >= 11 is 1.72. The average molecular weight is 317 g/mol. The number of hydrogen-bond donors (Lipinski definition) is 2. The van der Waals surface area contributed by atoms with Crippen LogP contribution in [0.25, 0.3) is 0 Å². The van der Waals surface area contributed by atoms with Crippen molar-refractivity contribution in [2.75, 3.05) is 6.54 Å². The molecule has 116 valence electrons. The second-order valence-electron chi connectivity index (χ2n) is 5.38. The number of carboxylic acid groups (broad SMARTS) is 1. The summed E-state index contributed by atoms with van der Waals surface area (Å²) in [5.74, 6) is -0.694. The van der Waals surface area contributed by atoms with Gasteiger partial charge < -0.3 is 10.4 Å². The first kappa shape index (κ1) is 16.2. The van der Waals surface area contributed by atoms with E-state index in [1.54, 1.807) is 23.5 Å². The summed E-state index contributed by atoms with van der Waals surface area (Å²) in [7, 11) is 0. The molecular formula is C17H19NO3S. The van der Waals surface area contributed by atoms with Gasteiger partial charge in [-0.15, -0.1) is 11.3 Å².